The zero-order valence-electron chi connectivity index (χ0n) is 10.7. The first-order valence-electron chi connectivity index (χ1n) is 5.78. The lowest BCUT2D eigenvalue weighted by Gasteiger charge is -2.09. The molecule has 0 radical (unpaired) electrons. The summed E-state index contributed by atoms with van der Waals surface area (Å²) in [6, 6.07) is 2.85. The van der Waals surface area contributed by atoms with E-state index < -0.39 is 23.6 Å². The molecule has 1 aromatic heterocycles. The lowest BCUT2D eigenvalue weighted by Crippen LogP contribution is -2.22. The minimum absolute atomic E-state index is 0.121. The van der Waals surface area contributed by atoms with Gasteiger partial charge in [-0.15, -0.1) is 0 Å². The number of nitrogens with one attached hydrogen (secondary N) is 2. The zero-order chi connectivity index (χ0) is 16.3. The van der Waals surface area contributed by atoms with Crippen LogP contribution in [0.2, 0.25) is 0 Å². The average Bonchev–Trinajstić information content (AvgIpc) is 2.39. The van der Waals surface area contributed by atoms with E-state index in [0.29, 0.717) is 10.5 Å². The summed E-state index contributed by atoms with van der Waals surface area (Å²) >= 11 is 3.06. The number of pyridine rings is 1. The number of carboxylic acid groups (broad SMARTS) is 1. The van der Waals surface area contributed by atoms with Gasteiger partial charge in [-0.05, 0) is 34.1 Å². The SMILES string of the molecule is O=C(Nc1cc(F)cc(F)c1)Nc1ncc(Br)cc1C(=O)O. The molecule has 0 aliphatic rings. The maximum atomic E-state index is 13.0. The number of benzene rings is 1. The molecular formula is C13H8BrF2N3O3. The summed E-state index contributed by atoms with van der Waals surface area (Å²) in [5.41, 5.74) is -0.362. The van der Waals surface area contributed by atoms with E-state index in [1.807, 2.05) is 0 Å². The van der Waals surface area contributed by atoms with Crippen molar-refractivity contribution in [2.45, 2.75) is 0 Å². The van der Waals surface area contributed by atoms with Crippen molar-refractivity contribution in [2.75, 3.05) is 10.6 Å². The fourth-order valence-corrected chi connectivity index (χ4v) is 1.93. The van der Waals surface area contributed by atoms with Gasteiger partial charge in [-0.25, -0.2) is 23.4 Å². The standard InChI is InChI=1S/C13H8BrF2N3O3/c14-6-1-10(12(20)21)11(17-5-6)19-13(22)18-9-3-7(15)2-8(16)4-9/h1-5H,(H,20,21)(H2,17,18,19,22). The molecule has 0 spiro atoms. The van der Waals surface area contributed by atoms with Gasteiger partial charge in [0.25, 0.3) is 0 Å². The Morgan fingerprint density at radius 3 is 2.32 bits per heavy atom. The number of aromatic carboxylic acids is 1. The number of amides is 2. The maximum absolute atomic E-state index is 13.0. The first kappa shape index (κ1) is 15.8. The molecule has 9 heteroatoms. The van der Waals surface area contributed by atoms with Gasteiger partial charge in [0.2, 0.25) is 0 Å². The summed E-state index contributed by atoms with van der Waals surface area (Å²) in [6.45, 7) is 0. The summed E-state index contributed by atoms with van der Waals surface area (Å²) < 4.78 is 26.4. The normalized spacial score (nSPS) is 10.1. The van der Waals surface area contributed by atoms with Crippen molar-refractivity contribution in [1.82, 2.24) is 4.98 Å². The molecule has 0 aliphatic heterocycles. The smallest absolute Gasteiger partial charge is 0.339 e. The Bertz CT molecular complexity index is 735. The van der Waals surface area contributed by atoms with Crippen LogP contribution in [0.15, 0.2) is 34.9 Å². The predicted molar refractivity (Wildman–Crippen MR) is 77.9 cm³/mol. The molecule has 2 aromatic rings. The van der Waals surface area contributed by atoms with Gasteiger partial charge in [0, 0.05) is 22.4 Å². The van der Waals surface area contributed by atoms with Crippen LogP contribution >= 0.6 is 15.9 Å². The van der Waals surface area contributed by atoms with Crippen molar-refractivity contribution in [3.8, 4) is 0 Å². The molecule has 2 rings (SSSR count). The predicted octanol–water partition coefficient (Wildman–Crippen LogP) is 3.46. The average molecular weight is 372 g/mol. The highest BCUT2D eigenvalue weighted by molar-refractivity contribution is 9.10. The molecule has 0 fully saturated rings. The highest BCUT2D eigenvalue weighted by Gasteiger charge is 2.15. The summed E-state index contributed by atoms with van der Waals surface area (Å²) in [5.74, 6) is -3.21. The first-order valence-corrected chi connectivity index (χ1v) is 6.57. The van der Waals surface area contributed by atoms with Crippen LogP contribution in [0.3, 0.4) is 0 Å². The lowest BCUT2D eigenvalue weighted by atomic mass is 10.2. The molecule has 114 valence electrons. The number of carbonyl (C=O) groups excluding carboxylic acids is 1. The third kappa shape index (κ3) is 3.98. The van der Waals surface area contributed by atoms with Crippen molar-refractivity contribution in [3.63, 3.8) is 0 Å². The second-order valence-electron chi connectivity index (χ2n) is 4.09. The molecule has 1 aromatic carbocycles. The van der Waals surface area contributed by atoms with Gasteiger partial charge < -0.3 is 10.4 Å². The quantitative estimate of drug-likeness (QED) is 0.770. The van der Waals surface area contributed by atoms with Gasteiger partial charge in [-0.3, -0.25) is 5.32 Å². The molecule has 0 saturated carbocycles. The van der Waals surface area contributed by atoms with Crippen LogP contribution in [-0.2, 0) is 0 Å². The fraction of sp³-hybridized carbons (Fsp3) is 0. The fourth-order valence-electron chi connectivity index (χ4n) is 1.60. The topological polar surface area (TPSA) is 91.3 Å². The lowest BCUT2D eigenvalue weighted by molar-refractivity contribution is 0.0697. The van der Waals surface area contributed by atoms with Gasteiger partial charge in [0.1, 0.15) is 23.0 Å². The third-order valence-electron chi connectivity index (χ3n) is 2.44. The molecule has 2 amide bonds. The molecule has 6 nitrogen and oxygen atoms in total. The number of hydrogen-bond donors (Lipinski definition) is 3. The highest BCUT2D eigenvalue weighted by atomic mass is 79.9. The Morgan fingerprint density at radius 1 is 1.09 bits per heavy atom. The zero-order valence-corrected chi connectivity index (χ0v) is 12.3. The molecule has 3 N–H and O–H groups in total. The first-order chi connectivity index (χ1) is 10.3. The number of halogens is 3. The van der Waals surface area contributed by atoms with Crippen molar-refractivity contribution in [3.05, 3.63) is 52.1 Å². The number of urea groups is 1. The summed E-state index contributed by atoms with van der Waals surface area (Å²) in [4.78, 5) is 26.6. The van der Waals surface area contributed by atoms with Gasteiger partial charge in [0.05, 0.1) is 0 Å². The van der Waals surface area contributed by atoms with Gasteiger partial charge in [0.15, 0.2) is 0 Å². The van der Waals surface area contributed by atoms with E-state index in [2.05, 4.69) is 31.5 Å². The number of nitrogens with zero attached hydrogens (tertiary/aromatic N) is 1. The van der Waals surface area contributed by atoms with Gasteiger partial charge >= 0.3 is 12.0 Å². The summed E-state index contributed by atoms with van der Waals surface area (Å²) in [6.07, 6.45) is 1.30. The number of carboxylic acids is 1. The highest BCUT2D eigenvalue weighted by Crippen LogP contribution is 2.19. The van der Waals surface area contributed by atoms with E-state index in [-0.39, 0.29) is 17.1 Å². The van der Waals surface area contributed by atoms with Crippen LogP contribution in [0, 0.1) is 11.6 Å². The number of anilines is 2. The van der Waals surface area contributed by atoms with Crippen LogP contribution in [-0.4, -0.2) is 22.1 Å². The largest absolute Gasteiger partial charge is 0.478 e. The van der Waals surface area contributed by atoms with Crippen LogP contribution in [0.1, 0.15) is 10.4 Å². The Labute approximate surface area is 131 Å². The molecule has 0 atom stereocenters. The van der Waals surface area contributed by atoms with Gasteiger partial charge in [-0.1, -0.05) is 0 Å². The van der Waals surface area contributed by atoms with Crippen LogP contribution < -0.4 is 10.6 Å². The monoisotopic (exact) mass is 371 g/mol. The number of rotatable bonds is 3. The Balaban J connectivity index is 2.17. The minimum atomic E-state index is -1.29. The van der Waals surface area contributed by atoms with Crippen molar-refractivity contribution >= 4 is 39.4 Å². The van der Waals surface area contributed by atoms with Crippen molar-refractivity contribution in [1.29, 1.82) is 0 Å². The Hall–Kier alpha value is -2.55. The molecule has 1 heterocycles. The molecule has 0 saturated heterocycles. The van der Waals surface area contributed by atoms with E-state index in [4.69, 9.17) is 5.11 Å². The van der Waals surface area contributed by atoms with Gasteiger partial charge in [-0.2, -0.15) is 0 Å². The Morgan fingerprint density at radius 2 is 1.73 bits per heavy atom. The molecular weight excluding hydrogens is 364 g/mol. The van der Waals surface area contributed by atoms with E-state index in [9.17, 15) is 18.4 Å². The molecule has 22 heavy (non-hydrogen) atoms. The van der Waals surface area contributed by atoms with Crippen LogP contribution in [0.4, 0.5) is 25.1 Å². The second-order valence-corrected chi connectivity index (χ2v) is 5.01. The van der Waals surface area contributed by atoms with E-state index in [0.717, 1.165) is 12.1 Å². The third-order valence-corrected chi connectivity index (χ3v) is 2.87. The summed E-state index contributed by atoms with van der Waals surface area (Å²) in [5, 5.41) is 13.4. The minimum Gasteiger partial charge on any atom is -0.478 e. The van der Waals surface area contributed by atoms with Crippen molar-refractivity contribution in [2.24, 2.45) is 0 Å². The van der Waals surface area contributed by atoms with Crippen LogP contribution in [0.25, 0.3) is 0 Å². The summed E-state index contributed by atoms with van der Waals surface area (Å²) in [7, 11) is 0. The maximum Gasteiger partial charge on any atom is 0.339 e. The van der Waals surface area contributed by atoms with Crippen molar-refractivity contribution < 1.29 is 23.5 Å². The molecule has 0 aliphatic carbocycles. The number of carbonyl (C=O) groups is 2. The number of aromatic nitrogens is 1. The second kappa shape index (κ2) is 6.48. The number of hydrogen-bond acceptors (Lipinski definition) is 3. The van der Waals surface area contributed by atoms with Crippen LogP contribution in [0.5, 0.6) is 0 Å². The van der Waals surface area contributed by atoms with E-state index in [1.54, 1.807) is 0 Å². The van der Waals surface area contributed by atoms with E-state index in [1.165, 1.54) is 12.3 Å². The van der Waals surface area contributed by atoms with E-state index >= 15 is 0 Å². The molecule has 0 bridgehead atoms. The molecule has 0 unspecified atom stereocenters. The Kier molecular flexibility index (Phi) is 4.66.